The molecule has 1 rings (SSSR count). The Morgan fingerprint density at radius 3 is 2.75 bits per heavy atom. The molecule has 0 aromatic rings. The van der Waals surface area contributed by atoms with Crippen molar-refractivity contribution in [2.45, 2.75) is 44.7 Å². The highest BCUT2D eigenvalue weighted by Crippen LogP contribution is 2.48. The van der Waals surface area contributed by atoms with Crippen molar-refractivity contribution in [3.05, 3.63) is 11.3 Å². The normalized spacial score (nSPS) is 32.0. The van der Waals surface area contributed by atoms with Crippen LogP contribution in [0.5, 0.6) is 0 Å². The zero-order valence-electron chi connectivity index (χ0n) is 12.7. The van der Waals surface area contributed by atoms with Gasteiger partial charge in [0.25, 0.3) is 0 Å². The summed E-state index contributed by atoms with van der Waals surface area (Å²) in [5, 5.41) is 0.250. The van der Waals surface area contributed by atoms with Crippen LogP contribution >= 0.6 is 7.60 Å². The summed E-state index contributed by atoms with van der Waals surface area (Å²) in [5.74, 6) is 0. The van der Waals surface area contributed by atoms with Crippen LogP contribution in [-0.4, -0.2) is 58.0 Å². The molecule has 8 heteroatoms. The number of hydrogen-bond donors (Lipinski definition) is 1. The molecule has 0 bridgehead atoms. The summed E-state index contributed by atoms with van der Waals surface area (Å²) < 4.78 is 33.2. The standard InChI is InChI=1S/C12H24BO6P/c1-5-8(2)19-12-9(18-7-10(12)16-3)6-11(13)20(14,15)17-4/h6,8-10,12H,5,7,13H2,1-4H3,(H,14,15)/b11-6+/t8?,9-,10+,12-/m1/s1. The lowest BCUT2D eigenvalue weighted by atomic mass is 10.0. The highest BCUT2D eigenvalue weighted by molar-refractivity contribution is 7.59. The predicted molar refractivity (Wildman–Crippen MR) is 78.6 cm³/mol. The minimum atomic E-state index is -3.73. The fourth-order valence-electron chi connectivity index (χ4n) is 1.96. The molecular formula is C12H24BO6P. The first kappa shape index (κ1) is 17.9. The van der Waals surface area contributed by atoms with Crippen molar-refractivity contribution in [2.75, 3.05) is 20.8 Å². The largest absolute Gasteiger partial charge is 0.376 e. The molecule has 1 aliphatic heterocycles. The molecule has 20 heavy (non-hydrogen) atoms. The summed E-state index contributed by atoms with van der Waals surface area (Å²) in [4.78, 5) is 9.63. The summed E-state index contributed by atoms with van der Waals surface area (Å²) in [6, 6.07) is 0. The minimum absolute atomic E-state index is 0.0684. The van der Waals surface area contributed by atoms with E-state index in [1.165, 1.54) is 7.11 Å². The van der Waals surface area contributed by atoms with E-state index in [0.29, 0.717) is 6.61 Å². The highest BCUT2D eigenvalue weighted by Gasteiger charge is 2.39. The maximum atomic E-state index is 11.7. The number of ether oxygens (including phenoxy) is 3. The Morgan fingerprint density at radius 1 is 1.60 bits per heavy atom. The third kappa shape index (κ3) is 4.42. The van der Waals surface area contributed by atoms with Crippen LogP contribution in [-0.2, 0) is 23.3 Å². The topological polar surface area (TPSA) is 74.2 Å². The van der Waals surface area contributed by atoms with Gasteiger partial charge in [-0.05, 0) is 18.6 Å². The average molecular weight is 306 g/mol. The SMILES string of the molecule is B/C(=C\[C@H]1OC[C@H](OC)[C@@H]1OC(C)CC)P(=O)(O)OC. The Hall–Kier alpha value is -0.165. The third-order valence-electron chi connectivity index (χ3n) is 3.51. The molecule has 1 aliphatic rings. The number of methoxy groups -OCH3 is 1. The first-order chi connectivity index (χ1) is 9.35. The van der Waals surface area contributed by atoms with E-state index in [2.05, 4.69) is 4.52 Å². The van der Waals surface area contributed by atoms with E-state index in [-0.39, 0.29) is 23.5 Å². The summed E-state index contributed by atoms with van der Waals surface area (Å²) in [7, 11) is 0.632. The van der Waals surface area contributed by atoms with Gasteiger partial charge in [0.15, 0.2) is 0 Å². The van der Waals surface area contributed by atoms with E-state index in [4.69, 9.17) is 14.2 Å². The van der Waals surface area contributed by atoms with Crippen molar-refractivity contribution in [1.29, 1.82) is 0 Å². The van der Waals surface area contributed by atoms with Crippen molar-refractivity contribution in [2.24, 2.45) is 0 Å². The van der Waals surface area contributed by atoms with E-state index in [0.717, 1.165) is 6.42 Å². The molecule has 1 fully saturated rings. The van der Waals surface area contributed by atoms with Crippen LogP contribution in [0.25, 0.3) is 0 Å². The highest BCUT2D eigenvalue weighted by atomic mass is 31.2. The monoisotopic (exact) mass is 306 g/mol. The van der Waals surface area contributed by atoms with Crippen LogP contribution < -0.4 is 0 Å². The van der Waals surface area contributed by atoms with Gasteiger partial charge >= 0.3 is 7.60 Å². The van der Waals surface area contributed by atoms with E-state index < -0.39 is 13.7 Å². The smallest absolute Gasteiger partial charge is 0.344 e. The lowest BCUT2D eigenvalue weighted by molar-refractivity contribution is -0.0727. The Labute approximate surface area is 121 Å². The number of rotatable bonds is 7. The summed E-state index contributed by atoms with van der Waals surface area (Å²) in [6.07, 6.45) is 1.65. The Kier molecular flexibility index (Phi) is 6.92. The molecular weight excluding hydrogens is 282 g/mol. The van der Waals surface area contributed by atoms with Gasteiger partial charge in [-0.25, -0.2) is 0 Å². The molecule has 6 nitrogen and oxygen atoms in total. The molecule has 1 heterocycles. The lowest BCUT2D eigenvalue weighted by Gasteiger charge is -2.25. The first-order valence-electron chi connectivity index (χ1n) is 6.73. The zero-order valence-corrected chi connectivity index (χ0v) is 13.6. The molecule has 0 amide bonds. The molecule has 5 atom stereocenters. The Morgan fingerprint density at radius 2 is 2.25 bits per heavy atom. The summed E-state index contributed by atoms with van der Waals surface area (Å²) >= 11 is 0. The van der Waals surface area contributed by atoms with Crippen molar-refractivity contribution in [3.8, 4) is 0 Å². The second kappa shape index (κ2) is 7.73. The van der Waals surface area contributed by atoms with E-state index in [9.17, 15) is 9.46 Å². The van der Waals surface area contributed by atoms with Crippen molar-refractivity contribution in [1.82, 2.24) is 0 Å². The van der Waals surface area contributed by atoms with Crippen LogP contribution in [0.1, 0.15) is 20.3 Å². The lowest BCUT2D eigenvalue weighted by Crippen LogP contribution is -2.36. The Bertz CT molecular complexity index is 388. The van der Waals surface area contributed by atoms with Crippen LogP contribution in [0, 0.1) is 0 Å². The van der Waals surface area contributed by atoms with E-state index in [1.54, 1.807) is 21.0 Å². The first-order valence-corrected chi connectivity index (χ1v) is 8.30. The molecule has 0 aromatic heterocycles. The van der Waals surface area contributed by atoms with Crippen LogP contribution in [0.2, 0.25) is 0 Å². The zero-order chi connectivity index (χ0) is 15.3. The van der Waals surface area contributed by atoms with Crippen molar-refractivity contribution >= 4 is 15.4 Å². The second-order valence-corrected chi connectivity index (χ2v) is 7.01. The van der Waals surface area contributed by atoms with Gasteiger partial charge < -0.3 is 23.6 Å². The van der Waals surface area contributed by atoms with Crippen LogP contribution in [0.4, 0.5) is 0 Å². The predicted octanol–water partition coefficient (Wildman–Crippen LogP) is 0.890. The number of hydrogen-bond acceptors (Lipinski definition) is 5. The Balaban J connectivity index is 2.87. The minimum Gasteiger partial charge on any atom is -0.376 e. The van der Waals surface area contributed by atoms with Gasteiger partial charge in [0.05, 0.1) is 12.7 Å². The van der Waals surface area contributed by atoms with E-state index >= 15 is 0 Å². The van der Waals surface area contributed by atoms with Gasteiger partial charge in [0.2, 0.25) is 0 Å². The maximum absolute atomic E-state index is 11.7. The molecule has 0 spiro atoms. The molecule has 116 valence electrons. The van der Waals surface area contributed by atoms with Gasteiger partial charge in [-0.15, -0.1) is 0 Å². The molecule has 0 aromatic carbocycles. The van der Waals surface area contributed by atoms with Gasteiger partial charge in [-0.1, -0.05) is 13.0 Å². The fourth-order valence-corrected chi connectivity index (χ4v) is 2.58. The summed E-state index contributed by atoms with van der Waals surface area (Å²) in [6.45, 7) is 4.41. The average Bonchev–Trinajstić information content (AvgIpc) is 2.80. The quantitative estimate of drug-likeness (QED) is 0.556. The molecule has 0 radical (unpaired) electrons. The van der Waals surface area contributed by atoms with Crippen LogP contribution in [0.3, 0.4) is 0 Å². The maximum Gasteiger partial charge on any atom is 0.344 e. The van der Waals surface area contributed by atoms with Gasteiger partial charge in [-0.3, -0.25) is 4.57 Å². The second-order valence-electron chi connectivity index (χ2n) is 4.90. The van der Waals surface area contributed by atoms with E-state index in [1.807, 2.05) is 13.8 Å². The van der Waals surface area contributed by atoms with Gasteiger partial charge in [0, 0.05) is 14.2 Å². The van der Waals surface area contributed by atoms with Crippen molar-refractivity contribution in [3.63, 3.8) is 0 Å². The van der Waals surface area contributed by atoms with Crippen LogP contribution in [0.15, 0.2) is 11.3 Å². The molecule has 1 saturated heterocycles. The van der Waals surface area contributed by atoms with Gasteiger partial charge in [0.1, 0.15) is 26.2 Å². The molecule has 1 N–H and O–H groups in total. The summed E-state index contributed by atoms with van der Waals surface area (Å²) in [5.41, 5.74) is 0. The van der Waals surface area contributed by atoms with Gasteiger partial charge in [-0.2, -0.15) is 0 Å². The molecule has 0 saturated carbocycles. The third-order valence-corrected chi connectivity index (χ3v) is 5.04. The fraction of sp³-hybridized carbons (Fsp3) is 0.833. The molecule has 0 aliphatic carbocycles. The molecule has 2 unspecified atom stereocenters. The van der Waals surface area contributed by atoms with Crippen molar-refractivity contribution < 1.29 is 28.2 Å².